The highest BCUT2D eigenvalue weighted by Gasteiger charge is 2.27. The molecule has 2 aromatic heterocycles. The van der Waals surface area contributed by atoms with E-state index in [1.807, 2.05) is 18.7 Å². The number of rotatable bonds is 4. The minimum Gasteiger partial charge on any atom is -0.360 e. The second-order valence-electron chi connectivity index (χ2n) is 6.33. The molecule has 23 heavy (non-hydrogen) atoms. The normalized spacial score (nSPS) is 17.7. The zero-order chi connectivity index (χ0) is 16.4. The first kappa shape index (κ1) is 16.2. The Labute approximate surface area is 140 Å². The molecule has 0 saturated carbocycles. The first-order valence-electron chi connectivity index (χ1n) is 8.08. The number of thiophene rings is 1. The van der Waals surface area contributed by atoms with Gasteiger partial charge in [0.1, 0.15) is 5.76 Å². The maximum Gasteiger partial charge on any atom is 0.276 e. The molecule has 2 aromatic rings. The van der Waals surface area contributed by atoms with E-state index in [1.54, 1.807) is 17.4 Å². The van der Waals surface area contributed by atoms with E-state index in [4.69, 9.17) is 4.52 Å². The van der Waals surface area contributed by atoms with Gasteiger partial charge in [0, 0.05) is 44.2 Å². The third kappa shape index (κ3) is 3.48. The molecule has 0 spiro atoms. The van der Waals surface area contributed by atoms with Gasteiger partial charge in [0.15, 0.2) is 5.69 Å². The highest BCUT2D eigenvalue weighted by Crippen LogP contribution is 2.24. The molecule has 0 aromatic carbocycles. The predicted molar refractivity (Wildman–Crippen MR) is 90.8 cm³/mol. The zero-order valence-electron chi connectivity index (χ0n) is 13.9. The molecule has 3 rings (SSSR count). The Morgan fingerprint density at radius 3 is 2.57 bits per heavy atom. The lowest BCUT2D eigenvalue weighted by molar-refractivity contribution is 0.0573. The van der Waals surface area contributed by atoms with Crippen molar-refractivity contribution >= 4 is 17.2 Å². The van der Waals surface area contributed by atoms with Gasteiger partial charge >= 0.3 is 0 Å². The molecule has 1 fully saturated rings. The van der Waals surface area contributed by atoms with Gasteiger partial charge in [-0.15, -0.1) is 0 Å². The van der Waals surface area contributed by atoms with Crippen molar-refractivity contribution in [3.63, 3.8) is 0 Å². The molecule has 0 bridgehead atoms. The van der Waals surface area contributed by atoms with Gasteiger partial charge in [0.2, 0.25) is 0 Å². The summed E-state index contributed by atoms with van der Waals surface area (Å²) in [7, 11) is 0. The van der Waals surface area contributed by atoms with Crippen LogP contribution in [0.2, 0.25) is 0 Å². The summed E-state index contributed by atoms with van der Waals surface area (Å²) in [4.78, 5) is 16.8. The van der Waals surface area contributed by atoms with Crippen LogP contribution in [0.15, 0.2) is 27.4 Å². The van der Waals surface area contributed by atoms with Gasteiger partial charge in [-0.2, -0.15) is 11.3 Å². The van der Waals surface area contributed by atoms with Crippen molar-refractivity contribution in [2.24, 2.45) is 0 Å². The smallest absolute Gasteiger partial charge is 0.276 e. The predicted octanol–water partition coefficient (Wildman–Crippen LogP) is 3.38. The highest BCUT2D eigenvalue weighted by molar-refractivity contribution is 7.07. The van der Waals surface area contributed by atoms with Crippen molar-refractivity contribution in [3.05, 3.63) is 39.9 Å². The maximum absolute atomic E-state index is 12.5. The zero-order valence-corrected chi connectivity index (χ0v) is 14.7. The van der Waals surface area contributed by atoms with Gasteiger partial charge in [-0.3, -0.25) is 9.69 Å². The van der Waals surface area contributed by atoms with Crippen LogP contribution < -0.4 is 0 Å². The van der Waals surface area contributed by atoms with E-state index in [0.717, 1.165) is 31.9 Å². The summed E-state index contributed by atoms with van der Waals surface area (Å²) in [5.74, 6) is 0.980. The Morgan fingerprint density at radius 1 is 1.26 bits per heavy atom. The molecule has 5 nitrogen and oxygen atoms in total. The fourth-order valence-electron chi connectivity index (χ4n) is 2.86. The highest BCUT2D eigenvalue weighted by atomic mass is 32.1. The van der Waals surface area contributed by atoms with E-state index >= 15 is 0 Å². The van der Waals surface area contributed by atoms with Crippen LogP contribution in [0.25, 0.3) is 0 Å². The largest absolute Gasteiger partial charge is 0.360 e. The van der Waals surface area contributed by atoms with E-state index in [9.17, 15) is 4.79 Å². The minimum atomic E-state index is -0.0245. The van der Waals surface area contributed by atoms with Gasteiger partial charge in [0.25, 0.3) is 5.91 Å². The summed E-state index contributed by atoms with van der Waals surface area (Å²) < 4.78 is 5.24. The maximum atomic E-state index is 12.5. The van der Waals surface area contributed by atoms with E-state index in [2.05, 4.69) is 33.8 Å². The molecule has 1 amide bonds. The van der Waals surface area contributed by atoms with Crippen molar-refractivity contribution in [1.82, 2.24) is 15.0 Å². The van der Waals surface area contributed by atoms with E-state index in [1.165, 1.54) is 5.56 Å². The first-order chi connectivity index (χ1) is 11.1. The van der Waals surface area contributed by atoms with Gasteiger partial charge in [-0.05, 0) is 29.3 Å². The quantitative estimate of drug-likeness (QED) is 0.861. The van der Waals surface area contributed by atoms with Crippen LogP contribution in [-0.4, -0.2) is 47.0 Å². The number of nitrogens with zero attached hydrogens (tertiary/aromatic N) is 3. The second-order valence-corrected chi connectivity index (χ2v) is 7.11. The third-order valence-electron chi connectivity index (χ3n) is 4.49. The molecular weight excluding hydrogens is 310 g/mol. The fourth-order valence-corrected chi connectivity index (χ4v) is 3.61. The van der Waals surface area contributed by atoms with E-state index in [0.29, 0.717) is 11.7 Å². The van der Waals surface area contributed by atoms with Crippen LogP contribution in [0.4, 0.5) is 0 Å². The van der Waals surface area contributed by atoms with Crippen LogP contribution in [0.3, 0.4) is 0 Å². The third-order valence-corrected chi connectivity index (χ3v) is 5.19. The van der Waals surface area contributed by atoms with Crippen molar-refractivity contribution in [3.8, 4) is 0 Å². The van der Waals surface area contributed by atoms with Gasteiger partial charge in [0.05, 0.1) is 0 Å². The number of aromatic nitrogens is 1. The summed E-state index contributed by atoms with van der Waals surface area (Å²) >= 11 is 1.73. The Morgan fingerprint density at radius 2 is 2.00 bits per heavy atom. The molecule has 6 heteroatoms. The molecule has 1 atom stereocenters. The Kier molecular flexibility index (Phi) is 4.82. The lowest BCUT2D eigenvalue weighted by atomic mass is 10.1. The van der Waals surface area contributed by atoms with Crippen LogP contribution in [0.5, 0.6) is 0 Å². The molecule has 1 unspecified atom stereocenters. The average molecular weight is 333 g/mol. The lowest BCUT2D eigenvalue weighted by Crippen LogP contribution is -2.49. The monoisotopic (exact) mass is 333 g/mol. The van der Waals surface area contributed by atoms with Crippen LogP contribution in [0.1, 0.15) is 54.5 Å². The number of carbonyl (C=O) groups is 1. The van der Waals surface area contributed by atoms with Crippen molar-refractivity contribution in [1.29, 1.82) is 0 Å². The summed E-state index contributed by atoms with van der Waals surface area (Å²) in [6.45, 7) is 9.52. The lowest BCUT2D eigenvalue weighted by Gasteiger charge is -2.37. The van der Waals surface area contributed by atoms with Crippen molar-refractivity contribution in [2.75, 3.05) is 26.2 Å². The van der Waals surface area contributed by atoms with Crippen LogP contribution >= 0.6 is 11.3 Å². The molecular formula is C17H23N3O2S. The summed E-state index contributed by atoms with van der Waals surface area (Å²) in [5, 5.41) is 8.24. The number of carbonyl (C=O) groups excluding carboxylic acids is 1. The topological polar surface area (TPSA) is 49.6 Å². The molecule has 3 heterocycles. The van der Waals surface area contributed by atoms with E-state index < -0.39 is 0 Å². The van der Waals surface area contributed by atoms with Crippen LogP contribution in [0, 0.1) is 0 Å². The molecule has 0 N–H and O–H groups in total. The molecule has 1 saturated heterocycles. The number of hydrogen-bond acceptors (Lipinski definition) is 5. The van der Waals surface area contributed by atoms with Crippen molar-refractivity contribution in [2.45, 2.75) is 32.7 Å². The first-order valence-corrected chi connectivity index (χ1v) is 9.02. The molecule has 0 aliphatic carbocycles. The van der Waals surface area contributed by atoms with E-state index in [-0.39, 0.29) is 11.8 Å². The van der Waals surface area contributed by atoms with Gasteiger partial charge in [-0.25, -0.2) is 0 Å². The summed E-state index contributed by atoms with van der Waals surface area (Å²) in [6, 6.07) is 4.35. The SMILES string of the molecule is CC(C)c1cc(C(=O)N2CCN(C(C)c3ccsc3)CC2)no1. The second kappa shape index (κ2) is 6.84. The molecule has 124 valence electrons. The number of hydrogen-bond donors (Lipinski definition) is 0. The Balaban J connectivity index is 1.58. The summed E-state index contributed by atoms with van der Waals surface area (Å²) in [5.41, 5.74) is 1.78. The summed E-state index contributed by atoms with van der Waals surface area (Å²) in [6.07, 6.45) is 0. The van der Waals surface area contributed by atoms with Gasteiger partial charge in [-0.1, -0.05) is 19.0 Å². The molecule has 0 radical (unpaired) electrons. The van der Waals surface area contributed by atoms with Gasteiger partial charge < -0.3 is 9.42 Å². The number of amides is 1. The van der Waals surface area contributed by atoms with Crippen LogP contribution in [-0.2, 0) is 0 Å². The molecule has 1 aliphatic heterocycles. The Hall–Kier alpha value is -1.66. The average Bonchev–Trinajstić information content (AvgIpc) is 3.25. The minimum absolute atomic E-state index is 0.0245. The molecule has 1 aliphatic rings. The van der Waals surface area contributed by atoms with Crippen molar-refractivity contribution < 1.29 is 9.32 Å². The fraction of sp³-hybridized carbons (Fsp3) is 0.529. The number of piperazine rings is 1. The standard InChI is InChI=1S/C17H23N3O2S/c1-12(2)16-10-15(18-22-16)17(21)20-7-5-19(6-8-20)13(3)14-4-9-23-11-14/h4,9-13H,5-8H2,1-3H3. The Bertz CT molecular complexity index is 643.